The van der Waals surface area contributed by atoms with Crippen LogP contribution in [0.1, 0.15) is 24.8 Å². The standard InChI is InChI=1S/C18H17Cl3O3S/c19-15-8-5-12(9-17(15)21)11-24-13-6-7-14(10-13)25(22,23)18-4-2-1-3-16(18)20/h1-5,8-9,13-14H,6-7,10-11H2/t13-,14-/m0/s1. The third-order valence-corrected chi connectivity index (χ3v) is 7.84. The summed E-state index contributed by atoms with van der Waals surface area (Å²) in [5.74, 6) is 0. The average molecular weight is 420 g/mol. The molecule has 2 atom stereocenters. The molecule has 0 spiro atoms. The van der Waals surface area contributed by atoms with E-state index in [0.29, 0.717) is 35.9 Å². The third kappa shape index (κ3) is 4.32. The molecule has 0 aliphatic heterocycles. The smallest absolute Gasteiger partial charge is 0.182 e. The second kappa shape index (κ2) is 7.85. The molecule has 134 valence electrons. The lowest BCUT2D eigenvalue weighted by Gasteiger charge is -2.14. The third-order valence-electron chi connectivity index (χ3n) is 4.39. The summed E-state index contributed by atoms with van der Waals surface area (Å²) in [6.45, 7) is 0.375. The summed E-state index contributed by atoms with van der Waals surface area (Å²) in [6.07, 6.45) is 1.64. The monoisotopic (exact) mass is 418 g/mol. The Kier molecular flexibility index (Phi) is 5.96. The fourth-order valence-electron chi connectivity index (χ4n) is 3.03. The molecule has 3 rings (SSSR count). The van der Waals surface area contributed by atoms with Crippen molar-refractivity contribution in [2.45, 2.75) is 42.1 Å². The minimum absolute atomic E-state index is 0.100. The molecule has 7 heteroatoms. The maximum absolute atomic E-state index is 12.8. The lowest BCUT2D eigenvalue weighted by atomic mass is 10.2. The van der Waals surface area contributed by atoms with Crippen molar-refractivity contribution in [3.63, 3.8) is 0 Å². The van der Waals surface area contributed by atoms with Gasteiger partial charge in [0, 0.05) is 0 Å². The Morgan fingerprint density at radius 1 is 0.960 bits per heavy atom. The van der Waals surface area contributed by atoms with E-state index in [4.69, 9.17) is 39.5 Å². The fraction of sp³-hybridized carbons (Fsp3) is 0.333. The van der Waals surface area contributed by atoms with Gasteiger partial charge in [0.05, 0.1) is 37.9 Å². The fourth-order valence-corrected chi connectivity index (χ4v) is 5.69. The Bertz CT molecular complexity index is 868. The highest BCUT2D eigenvalue weighted by Gasteiger charge is 2.36. The minimum atomic E-state index is -3.45. The van der Waals surface area contributed by atoms with Crippen molar-refractivity contribution in [2.24, 2.45) is 0 Å². The molecular weight excluding hydrogens is 403 g/mol. The molecule has 2 aromatic carbocycles. The number of sulfone groups is 1. The molecule has 0 N–H and O–H groups in total. The van der Waals surface area contributed by atoms with Crippen molar-refractivity contribution in [3.05, 3.63) is 63.1 Å². The molecule has 0 radical (unpaired) electrons. The Labute approximate surface area is 162 Å². The van der Waals surface area contributed by atoms with Gasteiger partial charge in [0.25, 0.3) is 0 Å². The van der Waals surface area contributed by atoms with Crippen LogP contribution in [0.25, 0.3) is 0 Å². The Morgan fingerprint density at radius 3 is 2.44 bits per heavy atom. The molecule has 0 saturated heterocycles. The Morgan fingerprint density at radius 2 is 1.72 bits per heavy atom. The largest absolute Gasteiger partial charge is 0.373 e. The summed E-state index contributed by atoms with van der Waals surface area (Å²) in [5.41, 5.74) is 0.909. The van der Waals surface area contributed by atoms with Crippen molar-refractivity contribution in [2.75, 3.05) is 0 Å². The van der Waals surface area contributed by atoms with Gasteiger partial charge in [-0.05, 0) is 49.1 Å². The molecular formula is C18H17Cl3O3S. The summed E-state index contributed by atoms with van der Waals surface area (Å²) in [7, 11) is -3.45. The van der Waals surface area contributed by atoms with Crippen LogP contribution < -0.4 is 0 Å². The molecule has 0 bridgehead atoms. The van der Waals surface area contributed by atoms with Crippen LogP contribution in [0.2, 0.25) is 15.1 Å². The van der Waals surface area contributed by atoms with Crippen molar-refractivity contribution < 1.29 is 13.2 Å². The molecule has 3 nitrogen and oxygen atoms in total. The first-order valence-electron chi connectivity index (χ1n) is 7.92. The topological polar surface area (TPSA) is 43.4 Å². The molecule has 1 saturated carbocycles. The SMILES string of the molecule is O=S(=O)(c1ccccc1Cl)[C@H]1CC[C@H](OCc2ccc(Cl)c(Cl)c2)C1. The van der Waals surface area contributed by atoms with Crippen LogP contribution in [0.15, 0.2) is 47.4 Å². The lowest BCUT2D eigenvalue weighted by molar-refractivity contribution is 0.0458. The second-order valence-corrected chi connectivity index (χ2v) is 9.51. The van der Waals surface area contributed by atoms with Crippen LogP contribution in [-0.4, -0.2) is 19.8 Å². The van der Waals surface area contributed by atoms with Crippen molar-refractivity contribution >= 4 is 44.6 Å². The molecule has 2 aromatic rings. The van der Waals surface area contributed by atoms with Crippen LogP contribution in [0.3, 0.4) is 0 Å². The van der Waals surface area contributed by atoms with Gasteiger partial charge in [-0.25, -0.2) is 8.42 Å². The summed E-state index contributed by atoms with van der Waals surface area (Å²) in [6, 6.07) is 11.9. The maximum Gasteiger partial charge on any atom is 0.182 e. The quantitative estimate of drug-likeness (QED) is 0.637. The molecule has 1 fully saturated rings. The van der Waals surface area contributed by atoms with Crippen molar-refractivity contribution in [1.82, 2.24) is 0 Å². The molecule has 0 aromatic heterocycles. The van der Waals surface area contributed by atoms with Crippen LogP contribution in [-0.2, 0) is 21.2 Å². The first-order valence-corrected chi connectivity index (χ1v) is 10.6. The van der Waals surface area contributed by atoms with Gasteiger partial charge in [-0.1, -0.05) is 53.0 Å². The van der Waals surface area contributed by atoms with Gasteiger partial charge in [0.2, 0.25) is 0 Å². The maximum atomic E-state index is 12.8. The first-order chi connectivity index (χ1) is 11.9. The van der Waals surface area contributed by atoms with E-state index in [-0.39, 0.29) is 16.0 Å². The van der Waals surface area contributed by atoms with Gasteiger partial charge >= 0.3 is 0 Å². The molecule has 0 amide bonds. The van der Waals surface area contributed by atoms with E-state index in [0.717, 1.165) is 5.56 Å². The van der Waals surface area contributed by atoms with Gasteiger partial charge in [0.15, 0.2) is 9.84 Å². The molecule has 25 heavy (non-hydrogen) atoms. The van der Waals surface area contributed by atoms with Gasteiger partial charge < -0.3 is 4.74 Å². The zero-order chi connectivity index (χ0) is 18.0. The molecule has 1 aliphatic rings. The summed E-state index contributed by atoms with van der Waals surface area (Å²) >= 11 is 18.0. The number of benzene rings is 2. The molecule has 0 heterocycles. The second-order valence-electron chi connectivity index (χ2n) is 6.09. The summed E-state index contributed by atoms with van der Waals surface area (Å²) in [5, 5.41) is 0.777. The number of hydrogen-bond acceptors (Lipinski definition) is 3. The van der Waals surface area contributed by atoms with Crippen LogP contribution in [0.5, 0.6) is 0 Å². The van der Waals surface area contributed by atoms with E-state index in [1.807, 2.05) is 6.07 Å². The molecule has 0 unspecified atom stereocenters. The van der Waals surface area contributed by atoms with Crippen LogP contribution in [0.4, 0.5) is 0 Å². The number of halogens is 3. The van der Waals surface area contributed by atoms with Gasteiger partial charge in [-0.3, -0.25) is 0 Å². The number of rotatable bonds is 5. The van der Waals surface area contributed by atoms with E-state index >= 15 is 0 Å². The highest BCUT2D eigenvalue weighted by molar-refractivity contribution is 7.92. The zero-order valence-electron chi connectivity index (χ0n) is 13.3. The first kappa shape index (κ1) is 19.0. The van der Waals surface area contributed by atoms with Gasteiger partial charge in [-0.2, -0.15) is 0 Å². The predicted molar refractivity (Wildman–Crippen MR) is 101 cm³/mol. The van der Waals surface area contributed by atoms with Gasteiger partial charge in [-0.15, -0.1) is 0 Å². The molecule has 1 aliphatic carbocycles. The Hall–Kier alpha value is -0.780. The van der Waals surface area contributed by atoms with E-state index in [1.54, 1.807) is 36.4 Å². The van der Waals surface area contributed by atoms with Crippen molar-refractivity contribution in [1.29, 1.82) is 0 Å². The van der Waals surface area contributed by atoms with E-state index in [1.165, 1.54) is 0 Å². The van der Waals surface area contributed by atoms with Crippen LogP contribution >= 0.6 is 34.8 Å². The predicted octanol–water partition coefficient (Wildman–Crippen LogP) is 5.56. The van der Waals surface area contributed by atoms with Crippen molar-refractivity contribution in [3.8, 4) is 0 Å². The highest BCUT2D eigenvalue weighted by atomic mass is 35.5. The van der Waals surface area contributed by atoms with Gasteiger partial charge in [0.1, 0.15) is 0 Å². The Balaban J connectivity index is 1.63. The summed E-state index contributed by atoms with van der Waals surface area (Å²) < 4.78 is 31.4. The lowest BCUT2D eigenvalue weighted by Crippen LogP contribution is -2.20. The number of hydrogen-bond donors (Lipinski definition) is 0. The average Bonchev–Trinajstić information content (AvgIpc) is 3.06. The van der Waals surface area contributed by atoms with E-state index in [9.17, 15) is 8.42 Å². The van der Waals surface area contributed by atoms with E-state index < -0.39 is 15.1 Å². The van der Waals surface area contributed by atoms with E-state index in [2.05, 4.69) is 0 Å². The highest BCUT2D eigenvalue weighted by Crippen LogP contribution is 2.34. The number of ether oxygens (including phenoxy) is 1. The normalized spacial score (nSPS) is 20.8. The minimum Gasteiger partial charge on any atom is -0.373 e. The zero-order valence-corrected chi connectivity index (χ0v) is 16.4. The van der Waals surface area contributed by atoms with Crippen LogP contribution in [0, 0.1) is 0 Å². The summed E-state index contributed by atoms with van der Waals surface area (Å²) in [4.78, 5) is 0.201.